The van der Waals surface area contributed by atoms with Crippen molar-refractivity contribution in [2.45, 2.75) is 27.2 Å². The summed E-state index contributed by atoms with van der Waals surface area (Å²) in [5.41, 5.74) is 6.05. The highest BCUT2D eigenvalue weighted by Gasteiger charge is 2.13. The van der Waals surface area contributed by atoms with Crippen LogP contribution in [0.1, 0.15) is 27.2 Å². The number of amides is 1. The first-order chi connectivity index (χ1) is 12.2. The van der Waals surface area contributed by atoms with Crippen molar-refractivity contribution in [3.05, 3.63) is 47.7 Å². The number of rotatable bonds is 10. The molecule has 0 aromatic rings. The van der Waals surface area contributed by atoms with Crippen LogP contribution in [0.2, 0.25) is 0 Å². The average molecular weight is 385 g/mol. The van der Waals surface area contributed by atoms with Gasteiger partial charge in [-0.25, -0.2) is 0 Å². The summed E-state index contributed by atoms with van der Waals surface area (Å²) in [4.78, 5) is 33.5. The maximum atomic E-state index is 12.0. The second-order valence-electron chi connectivity index (χ2n) is 5.18. The molecule has 7 nitrogen and oxygen atoms in total. The largest absolute Gasteiger partial charge is 0.356 e. The molecule has 0 radical (unpaired) electrons. The first-order valence-corrected chi connectivity index (χ1v) is 10.1. The van der Waals surface area contributed by atoms with E-state index in [2.05, 4.69) is 22.8 Å². The van der Waals surface area contributed by atoms with Crippen molar-refractivity contribution in [1.29, 1.82) is 0 Å². The summed E-state index contributed by atoms with van der Waals surface area (Å²) in [5, 5.41) is 2.66. The highest BCUT2D eigenvalue weighted by atomic mass is 31.2. The lowest BCUT2D eigenvalue weighted by Crippen LogP contribution is -2.29. The molecule has 1 unspecified atom stereocenters. The van der Waals surface area contributed by atoms with E-state index in [9.17, 15) is 9.36 Å². The maximum Gasteiger partial charge on any atom is 0.325 e. The number of carbonyl (C=O) groups is 1. The fourth-order valence-corrected chi connectivity index (χ4v) is 2.37. The highest BCUT2D eigenvalue weighted by Crippen LogP contribution is 2.34. The molecule has 0 aliphatic carbocycles. The van der Waals surface area contributed by atoms with Gasteiger partial charge >= 0.3 is 7.60 Å². The summed E-state index contributed by atoms with van der Waals surface area (Å²) in [7, 11) is -2.51. The van der Waals surface area contributed by atoms with Crippen molar-refractivity contribution < 1.29 is 19.1 Å². The van der Waals surface area contributed by atoms with Gasteiger partial charge in [-0.2, -0.15) is 0 Å². The first-order valence-electron chi connectivity index (χ1n) is 8.29. The Morgan fingerprint density at radius 3 is 2.27 bits per heavy atom. The van der Waals surface area contributed by atoms with Gasteiger partial charge in [-0.15, -0.1) is 0 Å². The molecule has 0 spiro atoms. The van der Waals surface area contributed by atoms with Gasteiger partial charge in [-0.1, -0.05) is 37.3 Å². The predicted octanol–water partition coefficient (Wildman–Crippen LogP) is 2.54. The third kappa shape index (κ3) is 13.5. The van der Waals surface area contributed by atoms with Crippen molar-refractivity contribution >= 4 is 20.2 Å². The van der Waals surface area contributed by atoms with E-state index in [1.807, 2.05) is 44.2 Å². The number of hydrogen-bond acceptors (Lipinski definition) is 4. The van der Waals surface area contributed by atoms with E-state index in [0.29, 0.717) is 5.70 Å². The lowest BCUT2D eigenvalue weighted by atomic mass is 10.1. The quantitative estimate of drug-likeness (QED) is 0.199. The molecule has 0 aromatic heterocycles. The predicted molar refractivity (Wildman–Crippen MR) is 109 cm³/mol. The van der Waals surface area contributed by atoms with E-state index in [1.165, 1.54) is 7.05 Å². The third-order valence-corrected chi connectivity index (χ3v) is 3.94. The van der Waals surface area contributed by atoms with E-state index in [0.717, 1.165) is 5.57 Å². The van der Waals surface area contributed by atoms with Crippen LogP contribution in [-0.2, 0) is 9.36 Å². The second kappa shape index (κ2) is 15.5. The summed E-state index contributed by atoms with van der Waals surface area (Å²) in [5.74, 6) is -0.576. The smallest absolute Gasteiger partial charge is 0.325 e. The van der Waals surface area contributed by atoms with Crippen LogP contribution < -0.4 is 11.1 Å². The normalized spacial score (nSPS) is 14.1. The number of carbonyl (C=O) groups excluding carboxylic acids is 1. The van der Waals surface area contributed by atoms with Crippen LogP contribution in [0.3, 0.4) is 0 Å². The fourth-order valence-electron chi connectivity index (χ4n) is 1.80. The molecule has 0 aromatic carbocycles. The fraction of sp³-hybridized carbons (Fsp3) is 0.444. The molecule has 8 heteroatoms. The summed E-state index contributed by atoms with van der Waals surface area (Å²) >= 11 is 0. The zero-order chi connectivity index (χ0) is 20.6. The molecule has 1 amide bonds. The van der Waals surface area contributed by atoms with Crippen LogP contribution in [0.5, 0.6) is 0 Å². The Kier molecular flexibility index (Phi) is 15.7. The van der Waals surface area contributed by atoms with Gasteiger partial charge in [-0.3, -0.25) is 14.4 Å². The monoisotopic (exact) mass is 385 g/mol. The van der Waals surface area contributed by atoms with Crippen LogP contribution >= 0.6 is 7.60 Å². The molecule has 0 heterocycles. The minimum absolute atomic E-state index is 0.198. The van der Waals surface area contributed by atoms with Crippen LogP contribution in [-0.4, -0.2) is 42.2 Å². The van der Waals surface area contributed by atoms with E-state index in [4.69, 9.17) is 9.79 Å². The van der Waals surface area contributed by atoms with Crippen LogP contribution in [0.4, 0.5) is 0 Å². The first kappa shape index (κ1) is 26.4. The SMILES string of the molecule is C=NC(/C=C\C)=C(/C=C\C)\C=C/C(C)C(=O)NCCCP(=O)(O)O.CN. The molecule has 26 heavy (non-hydrogen) atoms. The van der Waals surface area contributed by atoms with Gasteiger partial charge in [0.1, 0.15) is 0 Å². The molecule has 0 aliphatic rings. The summed E-state index contributed by atoms with van der Waals surface area (Å²) in [6, 6.07) is 0. The molecule has 148 valence electrons. The van der Waals surface area contributed by atoms with Gasteiger partial charge < -0.3 is 20.8 Å². The number of nitrogens with zero attached hydrogens (tertiary/aromatic N) is 1. The van der Waals surface area contributed by atoms with Crippen molar-refractivity contribution in [1.82, 2.24) is 5.32 Å². The van der Waals surface area contributed by atoms with Crippen LogP contribution in [0.25, 0.3) is 0 Å². The van der Waals surface area contributed by atoms with Gasteiger partial charge in [0.15, 0.2) is 0 Å². The molecular formula is C18H32N3O4P. The molecule has 5 N–H and O–H groups in total. The Bertz CT molecular complexity index is 589. The standard InChI is InChI=1S/C17H27N2O4P.CH5N/c1-5-8-15(16(18-4)9-6-2)11-10-14(3)17(20)19-12-7-13-24(21,22)23;1-2/h5-6,8-11,14H,4,7,12-13H2,1-3H3,(H,19,20)(H2,21,22,23);2H2,1H3/b8-5-,9-6-,11-10-,16-15-;. The molecule has 0 rings (SSSR count). The van der Waals surface area contributed by atoms with Gasteiger partial charge in [0.2, 0.25) is 5.91 Å². The van der Waals surface area contributed by atoms with E-state index < -0.39 is 7.60 Å². The Labute approximate surface area is 156 Å². The topological polar surface area (TPSA) is 125 Å². The molecular weight excluding hydrogens is 353 g/mol. The number of hydrogen-bond donors (Lipinski definition) is 4. The minimum Gasteiger partial charge on any atom is -0.356 e. The second-order valence-corrected chi connectivity index (χ2v) is 6.96. The average Bonchev–Trinajstić information content (AvgIpc) is 2.60. The minimum atomic E-state index is -4.01. The Morgan fingerprint density at radius 1 is 1.23 bits per heavy atom. The zero-order valence-corrected chi connectivity index (χ0v) is 16.9. The van der Waals surface area contributed by atoms with E-state index >= 15 is 0 Å². The number of nitrogens with two attached hydrogens (primary N) is 1. The van der Waals surface area contributed by atoms with Gasteiger partial charge in [-0.05, 0) is 45.7 Å². The molecule has 0 bridgehead atoms. The molecule has 0 aliphatic heterocycles. The summed E-state index contributed by atoms with van der Waals surface area (Å²) in [6.45, 7) is 9.30. The molecule has 0 saturated heterocycles. The Balaban J connectivity index is 0. The van der Waals surface area contributed by atoms with Crippen molar-refractivity contribution in [2.75, 3.05) is 19.8 Å². The lowest BCUT2D eigenvalue weighted by Gasteiger charge is -2.09. The highest BCUT2D eigenvalue weighted by molar-refractivity contribution is 7.51. The van der Waals surface area contributed by atoms with Crippen LogP contribution in [0, 0.1) is 5.92 Å². The molecule has 0 fully saturated rings. The van der Waals surface area contributed by atoms with E-state index in [-0.39, 0.29) is 31.0 Å². The lowest BCUT2D eigenvalue weighted by molar-refractivity contribution is -0.123. The summed E-state index contributed by atoms with van der Waals surface area (Å²) in [6.07, 6.45) is 11.0. The van der Waals surface area contributed by atoms with Crippen molar-refractivity contribution in [3.8, 4) is 0 Å². The van der Waals surface area contributed by atoms with Crippen molar-refractivity contribution in [3.63, 3.8) is 0 Å². The van der Waals surface area contributed by atoms with Gasteiger partial charge in [0.25, 0.3) is 0 Å². The third-order valence-electron chi connectivity index (χ3n) is 3.04. The molecule has 0 saturated carbocycles. The van der Waals surface area contributed by atoms with Crippen LogP contribution in [0.15, 0.2) is 52.7 Å². The molecule has 1 atom stereocenters. The maximum absolute atomic E-state index is 12.0. The summed E-state index contributed by atoms with van der Waals surface area (Å²) < 4.78 is 10.7. The Hall–Kier alpha value is -1.79. The van der Waals surface area contributed by atoms with Gasteiger partial charge in [0.05, 0.1) is 17.8 Å². The Morgan fingerprint density at radius 2 is 1.81 bits per heavy atom. The van der Waals surface area contributed by atoms with E-state index in [1.54, 1.807) is 13.0 Å². The number of nitrogens with one attached hydrogen (secondary N) is 1. The zero-order valence-electron chi connectivity index (χ0n) is 16.1. The van der Waals surface area contributed by atoms with Crippen molar-refractivity contribution in [2.24, 2.45) is 16.6 Å². The number of allylic oxidation sites excluding steroid dienone is 6. The number of aliphatic imine (C=N–C) groups is 1. The van der Waals surface area contributed by atoms with Gasteiger partial charge in [0, 0.05) is 6.54 Å².